The number of nitrogens with one attached hydrogen (secondary N) is 1. The predicted octanol–water partition coefficient (Wildman–Crippen LogP) is 3.34. The van der Waals surface area contributed by atoms with Gasteiger partial charge >= 0.3 is 0 Å². The highest BCUT2D eigenvalue weighted by atomic mass is 35.5. The van der Waals surface area contributed by atoms with Crippen molar-refractivity contribution in [2.45, 2.75) is 18.7 Å². The zero-order valence-electron chi connectivity index (χ0n) is 11.1. The Hall–Kier alpha value is -1.72. The summed E-state index contributed by atoms with van der Waals surface area (Å²) in [5.41, 5.74) is 8.45. The van der Waals surface area contributed by atoms with E-state index in [2.05, 4.69) is 4.72 Å². The van der Waals surface area contributed by atoms with Crippen LogP contribution >= 0.6 is 11.6 Å². The summed E-state index contributed by atoms with van der Waals surface area (Å²) in [6.07, 6.45) is 0. The third-order valence-corrected chi connectivity index (χ3v) is 4.49. The van der Waals surface area contributed by atoms with Crippen molar-refractivity contribution in [3.8, 4) is 0 Å². The van der Waals surface area contributed by atoms with Crippen molar-refractivity contribution in [3.63, 3.8) is 0 Å². The molecule has 0 aromatic heterocycles. The van der Waals surface area contributed by atoms with Gasteiger partial charge in [0.2, 0.25) is 0 Å². The summed E-state index contributed by atoms with van der Waals surface area (Å²) in [5, 5.41) is 0.481. The second-order valence-corrected chi connectivity index (χ2v) is 6.72. The highest BCUT2D eigenvalue weighted by Gasteiger charge is 2.16. The molecule has 0 saturated carbocycles. The van der Waals surface area contributed by atoms with Crippen LogP contribution in [0.1, 0.15) is 11.1 Å². The summed E-state index contributed by atoms with van der Waals surface area (Å²) in [6.45, 7) is 3.71. The first-order valence-corrected chi connectivity index (χ1v) is 7.81. The first-order valence-electron chi connectivity index (χ1n) is 5.95. The monoisotopic (exact) mass is 310 g/mol. The molecule has 2 aromatic carbocycles. The van der Waals surface area contributed by atoms with Gasteiger partial charge in [-0.2, -0.15) is 0 Å². The van der Waals surface area contributed by atoms with Crippen molar-refractivity contribution in [2.75, 3.05) is 10.5 Å². The number of aryl methyl sites for hydroxylation is 2. The van der Waals surface area contributed by atoms with E-state index in [1.807, 2.05) is 19.9 Å². The highest BCUT2D eigenvalue weighted by molar-refractivity contribution is 7.92. The van der Waals surface area contributed by atoms with Crippen molar-refractivity contribution in [2.24, 2.45) is 0 Å². The molecule has 0 aliphatic rings. The lowest BCUT2D eigenvalue weighted by molar-refractivity contribution is 0.601. The molecule has 0 atom stereocenters. The Balaban J connectivity index is 2.41. The quantitative estimate of drug-likeness (QED) is 0.854. The summed E-state index contributed by atoms with van der Waals surface area (Å²) in [7, 11) is -3.68. The van der Waals surface area contributed by atoms with Crippen LogP contribution in [0.3, 0.4) is 0 Å². The van der Waals surface area contributed by atoms with Crippen LogP contribution in [0, 0.1) is 13.8 Å². The number of rotatable bonds is 3. The molecule has 0 amide bonds. The molecule has 3 N–H and O–H groups in total. The second kappa shape index (κ2) is 5.34. The van der Waals surface area contributed by atoms with Gasteiger partial charge in [-0.15, -0.1) is 0 Å². The molecule has 0 aliphatic heterocycles. The number of sulfonamides is 1. The van der Waals surface area contributed by atoms with Gasteiger partial charge in [0.25, 0.3) is 10.0 Å². The fourth-order valence-electron chi connectivity index (χ4n) is 1.95. The fourth-order valence-corrected chi connectivity index (χ4v) is 3.23. The van der Waals surface area contributed by atoms with Crippen molar-refractivity contribution < 1.29 is 8.42 Å². The van der Waals surface area contributed by atoms with E-state index in [1.54, 1.807) is 6.07 Å². The van der Waals surface area contributed by atoms with Gasteiger partial charge in [-0.25, -0.2) is 8.42 Å². The maximum absolute atomic E-state index is 12.3. The van der Waals surface area contributed by atoms with E-state index in [-0.39, 0.29) is 4.90 Å². The van der Waals surface area contributed by atoms with Crippen molar-refractivity contribution in [3.05, 3.63) is 52.5 Å². The van der Waals surface area contributed by atoms with Gasteiger partial charge in [0.15, 0.2) is 0 Å². The number of halogens is 1. The van der Waals surface area contributed by atoms with Crippen molar-refractivity contribution >= 4 is 33.0 Å². The lowest BCUT2D eigenvalue weighted by atomic mass is 10.1. The number of hydrogen-bond acceptors (Lipinski definition) is 3. The largest absolute Gasteiger partial charge is 0.397 e. The lowest BCUT2D eigenvalue weighted by Crippen LogP contribution is -2.15. The molecule has 20 heavy (non-hydrogen) atoms. The average molecular weight is 311 g/mol. The zero-order chi connectivity index (χ0) is 14.9. The van der Waals surface area contributed by atoms with Crippen LogP contribution in [-0.2, 0) is 10.0 Å². The average Bonchev–Trinajstić information content (AvgIpc) is 2.34. The molecule has 0 spiro atoms. The minimum Gasteiger partial charge on any atom is -0.397 e. The zero-order valence-corrected chi connectivity index (χ0v) is 12.7. The van der Waals surface area contributed by atoms with Crippen LogP contribution in [0.5, 0.6) is 0 Å². The molecule has 0 heterocycles. The van der Waals surface area contributed by atoms with Gasteiger partial charge in [-0.1, -0.05) is 17.7 Å². The molecular weight excluding hydrogens is 296 g/mol. The fraction of sp³-hybridized carbons (Fsp3) is 0.143. The first kappa shape index (κ1) is 14.7. The summed E-state index contributed by atoms with van der Waals surface area (Å²) >= 11 is 5.75. The summed E-state index contributed by atoms with van der Waals surface area (Å²) in [5.74, 6) is 0. The van der Waals surface area contributed by atoms with Gasteiger partial charge in [0, 0.05) is 5.02 Å². The van der Waals surface area contributed by atoms with E-state index in [9.17, 15) is 8.42 Å². The van der Waals surface area contributed by atoms with Crippen molar-refractivity contribution in [1.82, 2.24) is 0 Å². The molecule has 0 bridgehead atoms. The van der Waals surface area contributed by atoms with Gasteiger partial charge in [0.05, 0.1) is 16.3 Å². The molecule has 0 saturated heterocycles. The van der Waals surface area contributed by atoms with E-state index in [0.717, 1.165) is 11.1 Å². The van der Waals surface area contributed by atoms with Gasteiger partial charge in [-0.05, 0) is 55.3 Å². The van der Waals surface area contributed by atoms with Crippen LogP contribution in [0.4, 0.5) is 11.4 Å². The minimum absolute atomic E-state index is 0.140. The van der Waals surface area contributed by atoms with Crippen molar-refractivity contribution in [1.29, 1.82) is 0 Å². The van der Waals surface area contributed by atoms with E-state index < -0.39 is 10.0 Å². The molecule has 0 unspecified atom stereocenters. The first-order chi connectivity index (χ1) is 9.29. The summed E-state index contributed by atoms with van der Waals surface area (Å²) in [6, 6.07) is 9.56. The SMILES string of the molecule is Cc1cc(C)c(NS(=O)(=O)c2ccc(Cl)cc2)c(N)c1. The number of benzene rings is 2. The van der Waals surface area contributed by atoms with E-state index in [4.69, 9.17) is 17.3 Å². The summed E-state index contributed by atoms with van der Waals surface area (Å²) in [4.78, 5) is 0.140. The van der Waals surface area contributed by atoms with E-state index >= 15 is 0 Å². The third kappa shape index (κ3) is 3.05. The van der Waals surface area contributed by atoms with Crippen LogP contribution in [0.25, 0.3) is 0 Å². The Morgan fingerprint density at radius 3 is 2.25 bits per heavy atom. The molecule has 106 valence electrons. The standard InChI is InChI=1S/C14H15ClN2O2S/c1-9-7-10(2)14(13(16)8-9)17-20(18,19)12-5-3-11(15)4-6-12/h3-8,17H,16H2,1-2H3. The van der Waals surface area contributed by atoms with Crippen LogP contribution < -0.4 is 10.5 Å². The molecule has 2 aromatic rings. The van der Waals surface area contributed by atoms with Gasteiger partial charge < -0.3 is 5.73 Å². The highest BCUT2D eigenvalue weighted by Crippen LogP contribution is 2.27. The molecule has 0 fully saturated rings. The van der Waals surface area contributed by atoms with Gasteiger partial charge in [-0.3, -0.25) is 4.72 Å². The Bertz CT molecular complexity index is 717. The number of hydrogen-bond donors (Lipinski definition) is 2. The van der Waals surface area contributed by atoms with E-state index in [1.165, 1.54) is 24.3 Å². The van der Waals surface area contributed by atoms with E-state index in [0.29, 0.717) is 16.4 Å². The Morgan fingerprint density at radius 1 is 1.10 bits per heavy atom. The molecule has 2 rings (SSSR count). The maximum atomic E-state index is 12.3. The smallest absolute Gasteiger partial charge is 0.261 e. The number of nitrogens with two attached hydrogens (primary N) is 1. The molecule has 4 nitrogen and oxygen atoms in total. The Kier molecular flexibility index (Phi) is 3.92. The van der Waals surface area contributed by atoms with Crippen LogP contribution in [-0.4, -0.2) is 8.42 Å². The van der Waals surface area contributed by atoms with Crippen LogP contribution in [0.15, 0.2) is 41.3 Å². The third-order valence-electron chi connectivity index (χ3n) is 2.87. The molecule has 0 aliphatic carbocycles. The summed E-state index contributed by atoms with van der Waals surface area (Å²) < 4.78 is 27.1. The number of nitrogen functional groups attached to an aromatic ring is 1. The molecular formula is C14H15ClN2O2S. The minimum atomic E-state index is -3.68. The number of anilines is 2. The normalized spacial score (nSPS) is 11.3. The topological polar surface area (TPSA) is 72.2 Å². The predicted molar refractivity (Wildman–Crippen MR) is 82.6 cm³/mol. The Labute approximate surface area is 123 Å². The Morgan fingerprint density at radius 2 is 1.70 bits per heavy atom. The maximum Gasteiger partial charge on any atom is 0.261 e. The lowest BCUT2D eigenvalue weighted by Gasteiger charge is -2.14. The molecule has 0 radical (unpaired) electrons. The molecule has 6 heteroatoms. The van der Waals surface area contributed by atoms with Crippen LogP contribution in [0.2, 0.25) is 5.02 Å². The second-order valence-electron chi connectivity index (χ2n) is 4.61. The van der Waals surface area contributed by atoms with Gasteiger partial charge in [0.1, 0.15) is 0 Å².